The number of fused-ring (bicyclic) bond motifs is 1. The van der Waals surface area contributed by atoms with Crippen LogP contribution in [0.3, 0.4) is 0 Å². The molecule has 0 aliphatic carbocycles. The van der Waals surface area contributed by atoms with Crippen molar-refractivity contribution in [1.82, 2.24) is 9.55 Å². The Hall–Kier alpha value is -3.29. The molecule has 1 atom stereocenters. The van der Waals surface area contributed by atoms with E-state index in [1.807, 2.05) is 36.4 Å². The Labute approximate surface area is 177 Å². The molecule has 0 aliphatic rings. The zero-order chi connectivity index (χ0) is 21.1. The number of carbonyl (C=O) groups is 1. The maximum absolute atomic E-state index is 12.8. The number of hydrogen-bond donors (Lipinski definition) is 1. The molecule has 0 amide bonds. The van der Waals surface area contributed by atoms with Gasteiger partial charge in [-0.15, -0.1) is 11.3 Å². The van der Waals surface area contributed by atoms with Gasteiger partial charge in [0.25, 0.3) is 5.56 Å². The van der Waals surface area contributed by atoms with Gasteiger partial charge in [-0.05, 0) is 42.8 Å². The Morgan fingerprint density at radius 1 is 1.17 bits per heavy atom. The second-order valence-corrected chi connectivity index (χ2v) is 7.97. The van der Waals surface area contributed by atoms with Crippen LogP contribution in [0.15, 0.2) is 71.8 Å². The zero-order valence-electron chi connectivity index (χ0n) is 16.3. The summed E-state index contributed by atoms with van der Waals surface area (Å²) < 4.78 is 6.97. The minimum atomic E-state index is -0.887. The van der Waals surface area contributed by atoms with Gasteiger partial charge >= 0.3 is 0 Å². The highest BCUT2D eigenvalue weighted by Crippen LogP contribution is 2.30. The molecule has 0 saturated carbocycles. The van der Waals surface area contributed by atoms with Gasteiger partial charge in [-0.2, -0.15) is 0 Å². The van der Waals surface area contributed by atoms with Gasteiger partial charge in [0.15, 0.2) is 5.78 Å². The third-order valence-corrected chi connectivity index (χ3v) is 5.78. The summed E-state index contributed by atoms with van der Waals surface area (Å²) in [6.07, 6.45) is 0.572. The Morgan fingerprint density at radius 2 is 1.90 bits per heavy atom. The highest BCUT2D eigenvalue weighted by Gasteiger charge is 2.13. The molecule has 7 heteroatoms. The number of thiophene rings is 1. The van der Waals surface area contributed by atoms with E-state index in [1.54, 1.807) is 24.3 Å². The lowest BCUT2D eigenvalue weighted by Crippen LogP contribution is -2.30. The minimum Gasteiger partial charge on any atom is -0.491 e. The van der Waals surface area contributed by atoms with E-state index >= 15 is 0 Å². The molecule has 152 valence electrons. The molecule has 2 aromatic heterocycles. The Morgan fingerprint density at radius 3 is 2.60 bits per heavy atom. The number of carbonyl (C=O) groups excluding carboxylic acids is 1. The first-order valence-corrected chi connectivity index (χ1v) is 10.3. The second-order valence-electron chi connectivity index (χ2n) is 6.94. The van der Waals surface area contributed by atoms with Crippen LogP contribution in [0.2, 0.25) is 0 Å². The van der Waals surface area contributed by atoms with Crippen molar-refractivity contribution in [1.29, 1.82) is 0 Å². The van der Waals surface area contributed by atoms with Crippen LogP contribution in [0.5, 0.6) is 5.75 Å². The molecule has 2 aromatic carbocycles. The van der Waals surface area contributed by atoms with Crippen LogP contribution in [0.1, 0.15) is 17.3 Å². The first-order chi connectivity index (χ1) is 14.5. The van der Waals surface area contributed by atoms with Gasteiger partial charge in [-0.25, -0.2) is 4.98 Å². The maximum atomic E-state index is 12.8. The average molecular weight is 420 g/mol. The average Bonchev–Trinajstić information content (AvgIpc) is 3.20. The standard InChI is InChI=1S/C23H20N2O4S/c1-15(26)16-7-9-19(10-8-16)29-13-18(27)12-25-14-24-22-20(23(25)28)11-21(30-22)17-5-3-2-4-6-17/h2-11,14,18,27H,12-13H2,1H3. The number of aliphatic hydroxyl groups excluding tert-OH is 1. The summed E-state index contributed by atoms with van der Waals surface area (Å²) in [6.45, 7) is 1.59. The van der Waals surface area contributed by atoms with Crippen molar-refractivity contribution in [3.8, 4) is 16.2 Å². The molecule has 1 N–H and O–H groups in total. The van der Waals surface area contributed by atoms with E-state index in [0.717, 1.165) is 10.4 Å². The van der Waals surface area contributed by atoms with Crippen LogP contribution in [0.25, 0.3) is 20.7 Å². The van der Waals surface area contributed by atoms with Crippen molar-refractivity contribution in [2.45, 2.75) is 19.6 Å². The van der Waals surface area contributed by atoms with Crippen molar-refractivity contribution in [3.05, 3.63) is 82.9 Å². The number of nitrogens with zero attached hydrogens (tertiary/aromatic N) is 2. The first kappa shape index (κ1) is 20.0. The summed E-state index contributed by atoms with van der Waals surface area (Å²) in [6, 6.07) is 18.4. The maximum Gasteiger partial charge on any atom is 0.262 e. The number of aliphatic hydroxyl groups is 1. The topological polar surface area (TPSA) is 81.4 Å². The molecule has 0 fully saturated rings. The van der Waals surface area contributed by atoms with E-state index in [0.29, 0.717) is 21.5 Å². The molecular weight excluding hydrogens is 400 g/mol. The Balaban J connectivity index is 1.46. The van der Waals surface area contributed by atoms with Gasteiger partial charge < -0.3 is 9.84 Å². The fraction of sp³-hybridized carbons (Fsp3) is 0.174. The number of benzene rings is 2. The van der Waals surface area contributed by atoms with Crippen molar-refractivity contribution in [2.75, 3.05) is 6.61 Å². The molecule has 4 rings (SSSR count). The summed E-state index contributed by atoms with van der Waals surface area (Å²) in [7, 11) is 0. The molecule has 30 heavy (non-hydrogen) atoms. The molecule has 0 bridgehead atoms. The van der Waals surface area contributed by atoms with E-state index in [9.17, 15) is 14.7 Å². The summed E-state index contributed by atoms with van der Waals surface area (Å²) in [5.41, 5.74) is 1.44. The van der Waals surface area contributed by atoms with Crippen LogP contribution in [-0.2, 0) is 6.54 Å². The SMILES string of the molecule is CC(=O)c1ccc(OCC(O)Cn2cnc3sc(-c4ccccc4)cc3c2=O)cc1. The largest absolute Gasteiger partial charge is 0.491 e. The first-order valence-electron chi connectivity index (χ1n) is 9.47. The van der Waals surface area contributed by atoms with Crippen molar-refractivity contribution in [2.24, 2.45) is 0 Å². The lowest BCUT2D eigenvalue weighted by atomic mass is 10.1. The monoisotopic (exact) mass is 420 g/mol. The number of aromatic nitrogens is 2. The van der Waals surface area contributed by atoms with Gasteiger partial charge in [0, 0.05) is 10.4 Å². The Bertz CT molecular complexity index is 1230. The normalized spacial score (nSPS) is 12.1. The van der Waals surface area contributed by atoms with Crippen LogP contribution < -0.4 is 10.3 Å². The van der Waals surface area contributed by atoms with E-state index < -0.39 is 6.10 Å². The highest BCUT2D eigenvalue weighted by molar-refractivity contribution is 7.21. The summed E-state index contributed by atoms with van der Waals surface area (Å²) in [5.74, 6) is 0.526. The van der Waals surface area contributed by atoms with Crippen LogP contribution in [-0.4, -0.2) is 33.2 Å². The van der Waals surface area contributed by atoms with Crippen LogP contribution in [0.4, 0.5) is 0 Å². The lowest BCUT2D eigenvalue weighted by molar-refractivity contribution is 0.0914. The fourth-order valence-corrected chi connectivity index (χ4v) is 4.09. The molecular formula is C23H20N2O4S. The molecule has 1 unspecified atom stereocenters. The molecule has 0 saturated heterocycles. The second kappa shape index (κ2) is 8.61. The fourth-order valence-electron chi connectivity index (χ4n) is 3.09. The molecule has 6 nitrogen and oxygen atoms in total. The molecule has 0 spiro atoms. The van der Waals surface area contributed by atoms with E-state index in [4.69, 9.17) is 4.74 Å². The molecule has 2 heterocycles. The molecule has 4 aromatic rings. The number of ketones is 1. The molecule has 0 aliphatic heterocycles. The van der Waals surface area contributed by atoms with Gasteiger partial charge in [-0.3, -0.25) is 14.2 Å². The summed E-state index contributed by atoms with van der Waals surface area (Å²) in [5, 5.41) is 10.9. The van der Waals surface area contributed by atoms with Crippen molar-refractivity contribution in [3.63, 3.8) is 0 Å². The highest BCUT2D eigenvalue weighted by atomic mass is 32.1. The molecule has 0 radical (unpaired) electrons. The van der Waals surface area contributed by atoms with Crippen molar-refractivity contribution < 1.29 is 14.6 Å². The predicted molar refractivity (Wildman–Crippen MR) is 117 cm³/mol. The third-order valence-electron chi connectivity index (χ3n) is 4.69. The van der Waals surface area contributed by atoms with Gasteiger partial charge in [0.1, 0.15) is 23.3 Å². The predicted octanol–water partition coefficient (Wildman–Crippen LogP) is 3.77. The van der Waals surface area contributed by atoms with Crippen LogP contribution in [0, 0.1) is 0 Å². The third kappa shape index (κ3) is 4.32. The van der Waals surface area contributed by atoms with E-state index in [2.05, 4.69) is 4.98 Å². The number of hydrogen-bond acceptors (Lipinski definition) is 6. The lowest BCUT2D eigenvalue weighted by Gasteiger charge is -2.14. The number of ether oxygens (including phenoxy) is 1. The summed E-state index contributed by atoms with van der Waals surface area (Å²) >= 11 is 1.47. The van der Waals surface area contributed by atoms with E-state index in [1.165, 1.54) is 29.2 Å². The van der Waals surface area contributed by atoms with Gasteiger partial charge in [0.2, 0.25) is 0 Å². The van der Waals surface area contributed by atoms with E-state index in [-0.39, 0.29) is 24.5 Å². The summed E-state index contributed by atoms with van der Waals surface area (Å²) in [4.78, 5) is 30.2. The van der Waals surface area contributed by atoms with Crippen molar-refractivity contribution >= 4 is 27.3 Å². The van der Waals surface area contributed by atoms with Gasteiger partial charge in [0.05, 0.1) is 18.3 Å². The number of Topliss-reactive ketones (excluding diaryl/α,β-unsaturated/α-hetero) is 1. The van der Waals surface area contributed by atoms with Gasteiger partial charge in [-0.1, -0.05) is 30.3 Å². The number of rotatable bonds is 7. The Kier molecular flexibility index (Phi) is 5.74. The quantitative estimate of drug-likeness (QED) is 0.460. The zero-order valence-corrected chi connectivity index (χ0v) is 17.1. The smallest absolute Gasteiger partial charge is 0.262 e. The van der Waals surface area contributed by atoms with Crippen LogP contribution >= 0.6 is 11.3 Å². The minimum absolute atomic E-state index is 0.0167.